The maximum atomic E-state index is 11.3. The lowest BCUT2D eigenvalue weighted by Crippen LogP contribution is -2.32. The molecule has 0 saturated carbocycles. The Hall–Kier alpha value is -0.580. The van der Waals surface area contributed by atoms with Crippen LogP contribution in [0.15, 0.2) is 0 Å². The zero-order chi connectivity index (χ0) is 9.84. The van der Waals surface area contributed by atoms with Crippen LogP contribution in [0.1, 0.15) is 12.8 Å². The summed E-state index contributed by atoms with van der Waals surface area (Å²) < 4.78 is 0. The van der Waals surface area contributed by atoms with Gasteiger partial charge < -0.3 is 4.90 Å². The van der Waals surface area contributed by atoms with Gasteiger partial charge in [0.05, 0.1) is 0 Å². The summed E-state index contributed by atoms with van der Waals surface area (Å²) in [4.78, 5) is 25.3. The summed E-state index contributed by atoms with van der Waals surface area (Å²) in [7, 11) is 1.64. The predicted octanol–water partition coefficient (Wildman–Crippen LogP) is 1.06. The number of halogens is 1. The van der Waals surface area contributed by atoms with E-state index >= 15 is 0 Å². The minimum atomic E-state index is -0.167. The number of amides is 3. The van der Waals surface area contributed by atoms with Gasteiger partial charge in [-0.1, -0.05) is 15.9 Å². The Balaban J connectivity index is 2.40. The molecule has 13 heavy (non-hydrogen) atoms. The van der Waals surface area contributed by atoms with E-state index in [-0.39, 0.29) is 18.5 Å². The van der Waals surface area contributed by atoms with Crippen molar-refractivity contribution in [3.63, 3.8) is 0 Å². The first-order valence-corrected chi connectivity index (χ1v) is 5.40. The first kappa shape index (κ1) is 10.5. The largest absolute Gasteiger partial charge is 0.326 e. The number of imide groups is 1. The second-order valence-electron chi connectivity index (χ2n) is 3.08. The van der Waals surface area contributed by atoms with Crippen LogP contribution in [-0.4, -0.2) is 47.2 Å². The number of hydrogen-bond acceptors (Lipinski definition) is 2. The lowest BCUT2D eigenvalue weighted by Gasteiger charge is -2.12. The topological polar surface area (TPSA) is 40.6 Å². The van der Waals surface area contributed by atoms with E-state index in [1.807, 2.05) is 0 Å². The summed E-state index contributed by atoms with van der Waals surface area (Å²) in [6.07, 6.45) is 1.86. The van der Waals surface area contributed by atoms with Crippen molar-refractivity contribution in [1.82, 2.24) is 9.80 Å². The van der Waals surface area contributed by atoms with Gasteiger partial charge in [-0.05, 0) is 12.8 Å². The Morgan fingerprint density at radius 2 is 2.08 bits per heavy atom. The third-order valence-corrected chi connectivity index (χ3v) is 2.56. The fourth-order valence-electron chi connectivity index (χ4n) is 1.25. The van der Waals surface area contributed by atoms with Crippen LogP contribution in [0.3, 0.4) is 0 Å². The smallest absolute Gasteiger partial charge is 0.318 e. The first-order valence-electron chi connectivity index (χ1n) is 4.28. The van der Waals surface area contributed by atoms with Crippen LogP contribution in [0.5, 0.6) is 0 Å². The van der Waals surface area contributed by atoms with Gasteiger partial charge in [0, 0.05) is 18.9 Å². The van der Waals surface area contributed by atoms with Crippen LogP contribution in [0.25, 0.3) is 0 Å². The van der Waals surface area contributed by atoms with Crippen molar-refractivity contribution in [1.29, 1.82) is 0 Å². The highest BCUT2D eigenvalue weighted by Crippen LogP contribution is 2.09. The highest BCUT2D eigenvalue weighted by Gasteiger charge is 2.32. The summed E-state index contributed by atoms with van der Waals surface area (Å²) >= 11 is 3.30. The summed E-state index contributed by atoms with van der Waals surface area (Å²) in [5, 5.41) is 0.916. The zero-order valence-corrected chi connectivity index (χ0v) is 9.21. The molecule has 1 saturated heterocycles. The van der Waals surface area contributed by atoms with Gasteiger partial charge in [0.15, 0.2) is 0 Å². The van der Waals surface area contributed by atoms with Gasteiger partial charge in [0.2, 0.25) is 5.91 Å². The van der Waals surface area contributed by atoms with Gasteiger partial charge in [-0.2, -0.15) is 0 Å². The summed E-state index contributed by atoms with van der Waals surface area (Å²) in [5.41, 5.74) is 0. The molecule has 74 valence electrons. The fourth-order valence-corrected chi connectivity index (χ4v) is 1.65. The molecule has 0 aromatic rings. The number of nitrogens with zero attached hydrogens (tertiary/aromatic N) is 2. The maximum Gasteiger partial charge on any atom is 0.326 e. The molecule has 0 bridgehead atoms. The molecule has 0 unspecified atom stereocenters. The molecule has 0 aliphatic carbocycles. The van der Waals surface area contributed by atoms with E-state index in [0.29, 0.717) is 6.54 Å². The normalized spacial score (nSPS) is 17.4. The summed E-state index contributed by atoms with van der Waals surface area (Å²) in [5.74, 6) is -0.0814. The summed E-state index contributed by atoms with van der Waals surface area (Å²) in [6.45, 7) is 0.779. The van der Waals surface area contributed by atoms with E-state index in [4.69, 9.17) is 0 Å². The minimum absolute atomic E-state index is 0.0814. The fraction of sp³-hybridized carbons (Fsp3) is 0.750. The third kappa shape index (κ3) is 2.43. The van der Waals surface area contributed by atoms with Crippen molar-refractivity contribution in [2.45, 2.75) is 12.8 Å². The Kier molecular flexibility index (Phi) is 3.71. The molecule has 4 nitrogen and oxygen atoms in total. The molecule has 1 rings (SSSR count). The average molecular weight is 249 g/mol. The Labute approximate surface area is 86.0 Å². The lowest BCUT2D eigenvalue weighted by molar-refractivity contribution is -0.125. The first-order chi connectivity index (χ1) is 6.16. The molecule has 1 heterocycles. The van der Waals surface area contributed by atoms with E-state index in [1.54, 1.807) is 7.05 Å². The van der Waals surface area contributed by atoms with E-state index in [1.165, 1.54) is 9.80 Å². The molecule has 0 spiro atoms. The van der Waals surface area contributed by atoms with E-state index < -0.39 is 0 Å². The van der Waals surface area contributed by atoms with Crippen LogP contribution in [0.2, 0.25) is 0 Å². The number of hydrogen-bond donors (Lipinski definition) is 0. The molecule has 1 aliphatic heterocycles. The van der Waals surface area contributed by atoms with Crippen molar-refractivity contribution >= 4 is 27.9 Å². The third-order valence-electron chi connectivity index (χ3n) is 2.00. The number of carbonyl (C=O) groups excluding carboxylic acids is 2. The Morgan fingerprint density at radius 1 is 1.38 bits per heavy atom. The van der Waals surface area contributed by atoms with Crippen LogP contribution in [0, 0.1) is 0 Å². The highest BCUT2D eigenvalue weighted by molar-refractivity contribution is 9.09. The molecule has 1 fully saturated rings. The highest BCUT2D eigenvalue weighted by atomic mass is 79.9. The van der Waals surface area contributed by atoms with E-state index in [9.17, 15) is 9.59 Å². The Bertz CT molecular complexity index is 220. The average Bonchev–Trinajstić information content (AvgIpc) is 2.32. The minimum Gasteiger partial charge on any atom is -0.318 e. The quantitative estimate of drug-likeness (QED) is 0.424. The monoisotopic (exact) mass is 248 g/mol. The second kappa shape index (κ2) is 4.60. The van der Waals surface area contributed by atoms with Gasteiger partial charge in [-0.25, -0.2) is 4.79 Å². The SMILES string of the molecule is CN1CC(=O)N(CCCCBr)C1=O. The van der Waals surface area contributed by atoms with Gasteiger partial charge in [0.25, 0.3) is 0 Å². The lowest BCUT2D eigenvalue weighted by atomic mass is 10.3. The number of alkyl halides is 1. The molecule has 0 N–H and O–H groups in total. The molecular weight excluding hydrogens is 236 g/mol. The van der Waals surface area contributed by atoms with Crippen LogP contribution in [-0.2, 0) is 4.79 Å². The van der Waals surface area contributed by atoms with E-state index in [2.05, 4.69) is 15.9 Å². The second-order valence-corrected chi connectivity index (χ2v) is 3.87. The molecule has 1 aliphatic rings. The van der Waals surface area contributed by atoms with Gasteiger partial charge >= 0.3 is 6.03 Å². The molecule has 0 radical (unpaired) electrons. The van der Waals surface area contributed by atoms with Gasteiger partial charge in [-0.15, -0.1) is 0 Å². The van der Waals surface area contributed by atoms with Crippen LogP contribution in [0.4, 0.5) is 4.79 Å². The van der Waals surface area contributed by atoms with Crippen molar-refractivity contribution in [3.8, 4) is 0 Å². The summed E-state index contributed by atoms with van der Waals surface area (Å²) in [6, 6.07) is -0.167. The van der Waals surface area contributed by atoms with Crippen LogP contribution >= 0.6 is 15.9 Å². The van der Waals surface area contributed by atoms with Gasteiger partial charge in [0.1, 0.15) is 6.54 Å². The number of carbonyl (C=O) groups is 2. The number of urea groups is 1. The maximum absolute atomic E-state index is 11.3. The predicted molar refractivity (Wildman–Crippen MR) is 52.8 cm³/mol. The number of likely N-dealkylation sites (N-methyl/N-ethyl adjacent to an activating group) is 1. The van der Waals surface area contributed by atoms with Crippen molar-refractivity contribution in [2.24, 2.45) is 0 Å². The van der Waals surface area contributed by atoms with E-state index in [0.717, 1.165) is 18.2 Å². The van der Waals surface area contributed by atoms with Crippen LogP contribution < -0.4 is 0 Å². The van der Waals surface area contributed by atoms with Crippen molar-refractivity contribution in [3.05, 3.63) is 0 Å². The number of rotatable bonds is 4. The van der Waals surface area contributed by atoms with Crippen molar-refractivity contribution in [2.75, 3.05) is 25.5 Å². The van der Waals surface area contributed by atoms with Crippen molar-refractivity contribution < 1.29 is 9.59 Å². The molecule has 3 amide bonds. The zero-order valence-electron chi connectivity index (χ0n) is 7.62. The number of unbranched alkanes of at least 4 members (excludes halogenated alkanes) is 1. The molecule has 0 aromatic heterocycles. The Morgan fingerprint density at radius 3 is 2.54 bits per heavy atom. The van der Waals surface area contributed by atoms with Gasteiger partial charge in [-0.3, -0.25) is 9.69 Å². The molecular formula is C8H13BrN2O2. The molecule has 0 aromatic carbocycles. The molecule has 0 atom stereocenters. The molecule has 5 heteroatoms. The standard InChI is InChI=1S/C8H13BrN2O2/c1-10-6-7(12)11(8(10)13)5-3-2-4-9/h2-6H2,1H3.